The molecule has 0 aromatic carbocycles. The van der Waals surface area contributed by atoms with Gasteiger partial charge in [0.15, 0.2) is 17.3 Å². The third kappa shape index (κ3) is 4.00. The molecule has 38 heavy (non-hydrogen) atoms. The Kier molecular flexibility index (Phi) is 6.07. The molecule has 6 heterocycles. The van der Waals surface area contributed by atoms with E-state index in [1.165, 1.54) is 35.5 Å². The normalized spacial score (nSPS) is 20.6. The Hall–Kier alpha value is -3.91. The summed E-state index contributed by atoms with van der Waals surface area (Å²) in [5.41, 5.74) is 0.246. The number of rotatable bonds is 6. The maximum Gasteiger partial charge on any atom is 0.269 e. The van der Waals surface area contributed by atoms with Crippen LogP contribution in [0.1, 0.15) is 16.9 Å². The van der Waals surface area contributed by atoms with E-state index in [1.54, 1.807) is 0 Å². The van der Waals surface area contributed by atoms with Crippen LogP contribution in [0.3, 0.4) is 0 Å². The molecule has 0 saturated carbocycles. The molecular weight excluding hydrogens is 505 g/mol. The standard InChI is InChI=1S/C24H25F3N8O3/c1-28-22(36)18-6-29-21-14(25)5-12(7-34(18)21)19-16(27)9-35-20(19)23(37-2)31-24(32-35)30-17-3-4-33(8-15(17)26)13-10-38-11-13/h5-7,9,13,15,17H,3-4,8,10-11H2,1-2H3,(H,28,36)(H,30,32)/t15-,17-/m1/s1. The third-order valence-electron chi connectivity index (χ3n) is 7.08. The van der Waals surface area contributed by atoms with Crippen LogP contribution in [0.5, 0.6) is 5.88 Å². The average Bonchev–Trinajstić information content (AvgIpc) is 3.44. The van der Waals surface area contributed by atoms with Crippen molar-refractivity contribution in [3.63, 3.8) is 0 Å². The van der Waals surface area contributed by atoms with Crippen molar-refractivity contribution in [1.29, 1.82) is 0 Å². The van der Waals surface area contributed by atoms with Gasteiger partial charge in [-0.15, -0.1) is 5.10 Å². The van der Waals surface area contributed by atoms with E-state index >= 15 is 4.39 Å². The van der Waals surface area contributed by atoms with E-state index in [0.29, 0.717) is 26.2 Å². The highest BCUT2D eigenvalue weighted by Crippen LogP contribution is 2.35. The number of likely N-dealkylation sites (tertiary alicyclic amines) is 1. The summed E-state index contributed by atoms with van der Waals surface area (Å²) in [4.78, 5) is 22.6. The van der Waals surface area contributed by atoms with Crippen LogP contribution in [-0.4, -0.2) is 93.5 Å². The van der Waals surface area contributed by atoms with Gasteiger partial charge in [-0.05, 0) is 12.5 Å². The summed E-state index contributed by atoms with van der Waals surface area (Å²) in [6.07, 6.45) is 3.13. The zero-order valence-corrected chi connectivity index (χ0v) is 20.6. The number of aromatic nitrogens is 5. The molecule has 2 atom stereocenters. The molecule has 4 aromatic rings. The van der Waals surface area contributed by atoms with E-state index in [0.717, 1.165) is 12.3 Å². The van der Waals surface area contributed by atoms with Crippen LogP contribution in [0.4, 0.5) is 19.1 Å². The molecule has 0 aliphatic carbocycles. The van der Waals surface area contributed by atoms with Crippen LogP contribution < -0.4 is 15.4 Å². The fourth-order valence-corrected chi connectivity index (χ4v) is 5.00. The molecule has 0 spiro atoms. The van der Waals surface area contributed by atoms with Gasteiger partial charge in [-0.25, -0.2) is 22.7 Å². The number of nitrogens with one attached hydrogen (secondary N) is 2. The number of ether oxygens (including phenoxy) is 2. The molecule has 6 rings (SSSR count). The predicted octanol–water partition coefficient (Wildman–Crippen LogP) is 1.91. The van der Waals surface area contributed by atoms with Crippen molar-refractivity contribution in [2.24, 2.45) is 0 Å². The number of carbonyl (C=O) groups excluding carboxylic acids is 1. The van der Waals surface area contributed by atoms with Crippen molar-refractivity contribution in [3.8, 4) is 17.0 Å². The fourth-order valence-electron chi connectivity index (χ4n) is 5.00. The van der Waals surface area contributed by atoms with Crippen molar-refractivity contribution < 1.29 is 27.4 Å². The quantitative estimate of drug-likeness (QED) is 0.389. The summed E-state index contributed by atoms with van der Waals surface area (Å²) in [5.74, 6) is -1.86. The van der Waals surface area contributed by atoms with Gasteiger partial charge in [0.1, 0.15) is 17.4 Å². The third-order valence-corrected chi connectivity index (χ3v) is 7.08. The van der Waals surface area contributed by atoms with Gasteiger partial charge < -0.3 is 20.1 Å². The lowest BCUT2D eigenvalue weighted by Crippen LogP contribution is -2.57. The van der Waals surface area contributed by atoms with Crippen LogP contribution in [0.2, 0.25) is 0 Å². The minimum absolute atomic E-state index is 0.0125. The van der Waals surface area contributed by atoms with Gasteiger partial charge in [-0.3, -0.25) is 14.1 Å². The molecular formula is C24H25F3N8O3. The number of pyridine rings is 1. The highest BCUT2D eigenvalue weighted by molar-refractivity contribution is 5.93. The number of halogens is 3. The molecule has 4 aromatic heterocycles. The topological polar surface area (TPSA) is 110 Å². The number of fused-ring (bicyclic) bond motifs is 2. The lowest BCUT2D eigenvalue weighted by Gasteiger charge is -2.42. The number of alkyl halides is 1. The highest BCUT2D eigenvalue weighted by atomic mass is 19.1. The number of imidazole rings is 1. The largest absolute Gasteiger partial charge is 0.479 e. The number of carbonyl (C=O) groups is 1. The van der Waals surface area contributed by atoms with Crippen molar-refractivity contribution in [1.82, 2.24) is 34.2 Å². The molecule has 0 radical (unpaired) electrons. The van der Waals surface area contributed by atoms with E-state index in [4.69, 9.17) is 9.47 Å². The minimum Gasteiger partial charge on any atom is -0.479 e. The van der Waals surface area contributed by atoms with Gasteiger partial charge in [0.25, 0.3) is 5.91 Å². The van der Waals surface area contributed by atoms with Gasteiger partial charge in [-0.2, -0.15) is 4.98 Å². The summed E-state index contributed by atoms with van der Waals surface area (Å²) in [5, 5.41) is 9.82. The molecule has 14 heteroatoms. The smallest absolute Gasteiger partial charge is 0.269 e. The van der Waals surface area contributed by atoms with E-state index in [2.05, 4.69) is 30.6 Å². The summed E-state index contributed by atoms with van der Waals surface area (Å²) < 4.78 is 58.4. The number of methoxy groups -OCH3 is 1. The monoisotopic (exact) mass is 530 g/mol. The molecule has 2 aliphatic heterocycles. The van der Waals surface area contributed by atoms with E-state index in [1.807, 2.05) is 0 Å². The summed E-state index contributed by atoms with van der Waals surface area (Å²) in [6.45, 7) is 2.21. The zero-order chi connectivity index (χ0) is 26.6. The first-order valence-corrected chi connectivity index (χ1v) is 12.1. The van der Waals surface area contributed by atoms with Crippen LogP contribution >= 0.6 is 0 Å². The molecule has 2 aliphatic rings. The molecule has 1 amide bonds. The molecule has 2 saturated heterocycles. The SMILES string of the molecule is CNC(=O)c1cnc2c(F)cc(-c3c(F)cn4nc(N[C@@H]5CCN(C6COC6)C[C@H]5F)nc(OC)c34)cn12. The Labute approximate surface area is 214 Å². The maximum absolute atomic E-state index is 15.3. The summed E-state index contributed by atoms with van der Waals surface area (Å²) >= 11 is 0. The van der Waals surface area contributed by atoms with Crippen molar-refractivity contribution in [2.45, 2.75) is 24.7 Å². The van der Waals surface area contributed by atoms with Crippen molar-refractivity contribution in [3.05, 3.63) is 42.0 Å². The van der Waals surface area contributed by atoms with Crippen molar-refractivity contribution in [2.75, 3.05) is 45.8 Å². The second kappa shape index (κ2) is 9.44. The van der Waals surface area contributed by atoms with E-state index in [-0.39, 0.29) is 52.4 Å². The Morgan fingerprint density at radius 1 is 1.24 bits per heavy atom. The number of piperidine rings is 1. The maximum atomic E-state index is 15.3. The Bertz CT molecular complexity index is 1540. The van der Waals surface area contributed by atoms with Gasteiger partial charge in [0, 0.05) is 31.9 Å². The Morgan fingerprint density at radius 3 is 2.74 bits per heavy atom. The van der Waals surface area contributed by atoms with Gasteiger partial charge >= 0.3 is 0 Å². The molecule has 2 fully saturated rings. The van der Waals surface area contributed by atoms with E-state index in [9.17, 15) is 13.6 Å². The van der Waals surface area contributed by atoms with Gasteiger partial charge in [0.2, 0.25) is 11.8 Å². The fraction of sp³-hybridized carbons (Fsp3) is 0.417. The first-order chi connectivity index (χ1) is 18.4. The summed E-state index contributed by atoms with van der Waals surface area (Å²) in [7, 11) is 2.80. The van der Waals surface area contributed by atoms with Crippen LogP contribution in [0, 0.1) is 11.6 Å². The highest BCUT2D eigenvalue weighted by Gasteiger charge is 2.36. The Balaban J connectivity index is 1.35. The first kappa shape index (κ1) is 24.4. The number of nitrogens with zero attached hydrogens (tertiary/aromatic N) is 6. The van der Waals surface area contributed by atoms with Crippen LogP contribution in [0.15, 0.2) is 24.7 Å². The van der Waals surface area contributed by atoms with Crippen molar-refractivity contribution >= 4 is 23.0 Å². The molecule has 0 unspecified atom stereocenters. The molecule has 200 valence electrons. The zero-order valence-electron chi connectivity index (χ0n) is 20.6. The van der Waals surface area contributed by atoms with Gasteiger partial charge in [-0.1, -0.05) is 0 Å². The van der Waals surface area contributed by atoms with Gasteiger partial charge in [0.05, 0.1) is 50.4 Å². The lowest BCUT2D eigenvalue weighted by molar-refractivity contribution is -0.0794. The first-order valence-electron chi connectivity index (χ1n) is 12.1. The summed E-state index contributed by atoms with van der Waals surface area (Å²) in [6, 6.07) is 0.839. The second-order valence-electron chi connectivity index (χ2n) is 9.32. The van der Waals surface area contributed by atoms with Crippen LogP contribution in [-0.2, 0) is 4.74 Å². The molecule has 0 bridgehead atoms. The number of anilines is 1. The average molecular weight is 531 g/mol. The second-order valence-corrected chi connectivity index (χ2v) is 9.32. The Morgan fingerprint density at radius 2 is 2.05 bits per heavy atom. The minimum atomic E-state index is -1.16. The lowest BCUT2D eigenvalue weighted by atomic mass is 10.0. The predicted molar refractivity (Wildman–Crippen MR) is 130 cm³/mol. The molecule has 11 nitrogen and oxygen atoms in total. The number of hydrogen-bond acceptors (Lipinski definition) is 8. The van der Waals surface area contributed by atoms with E-state index < -0.39 is 29.8 Å². The molecule has 2 N–H and O–H groups in total. The number of amides is 1. The van der Waals surface area contributed by atoms with Crippen LogP contribution in [0.25, 0.3) is 22.3 Å². The number of hydrogen-bond donors (Lipinski definition) is 2.